The van der Waals surface area contributed by atoms with Crippen LogP contribution in [0.2, 0.25) is 0 Å². The van der Waals surface area contributed by atoms with Gasteiger partial charge in [0.25, 0.3) is 0 Å². The second-order valence-corrected chi connectivity index (χ2v) is 2.90. The van der Waals surface area contributed by atoms with Crippen molar-refractivity contribution in [2.24, 2.45) is 5.73 Å². The van der Waals surface area contributed by atoms with Crippen molar-refractivity contribution in [1.82, 2.24) is 4.90 Å². The lowest BCUT2D eigenvalue weighted by atomic mass is 10.1. The van der Waals surface area contributed by atoms with E-state index in [0.717, 1.165) is 6.54 Å². The predicted octanol–water partition coefficient (Wildman–Crippen LogP) is 2.73. The molecular formula is C11H30N2. The van der Waals surface area contributed by atoms with Crippen LogP contribution in [-0.2, 0) is 0 Å². The molecule has 13 heavy (non-hydrogen) atoms. The van der Waals surface area contributed by atoms with Crippen LogP contribution in [0.3, 0.4) is 0 Å². The lowest BCUT2D eigenvalue weighted by Crippen LogP contribution is -2.29. The summed E-state index contributed by atoms with van der Waals surface area (Å²) >= 11 is 0. The molecule has 1 heterocycles. The summed E-state index contributed by atoms with van der Waals surface area (Å²) in [6.45, 7) is 12.8. The van der Waals surface area contributed by atoms with Gasteiger partial charge in [-0.1, -0.05) is 34.1 Å². The van der Waals surface area contributed by atoms with Gasteiger partial charge in [0.1, 0.15) is 0 Å². The van der Waals surface area contributed by atoms with Gasteiger partial charge in [-0.15, -0.1) is 0 Å². The van der Waals surface area contributed by atoms with Crippen LogP contribution in [0, 0.1) is 0 Å². The standard InChI is InChI=1S/C7H15N.C2H7N.C2H6.H2/c1-2-8-6-4-3-5-7-8;1-2-3;1-2;/h2-7H2,1H3;2-3H2,1H3;1-2H3;1H. The van der Waals surface area contributed by atoms with Crippen molar-refractivity contribution in [3.05, 3.63) is 0 Å². The first-order chi connectivity index (χ1) is 6.35. The van der Waals surface area contributed by atoms with Gasteiger partial charge in [0.2, 0.25) is 0 Å². The molecule has 2 nitrogen and oxygen atoms in total. The molecule has 1 aliphatic rings. The summed E-state index contributed by atoms with van der Waals surface area (Å²) in [5.41, 5.74) is 4.85. The minimum atomic E-state index is 0. The Morgan fingerprint density at radius 2 is 1.46 bits per heavy atom. The molecule has 0 unspecified atom stereocenters. The Balaban J connectivity index is -0.000000176. The van der Waals surface area contributed by atoms with Gasteiger partial charge in [0.05, 0.1) is 0 Å². The number of likely N-dealkylation sites (tertiary alicyclic amines) is 1. The number of piperidine rings is 1. The van der Waals surface area contributed by atoms with Crippen LogP contribution in [0.4, 0.5) is 0 Å². The Morgan fingerprint density at radius 1 is 1.08 bits per heavy atom. The van der Waals surface area contributed by atoms with E-state index in [0.29, 0.717) is 0 Å². The number of hydrogen-bond donors (Lipinski definition) is 1. The van der Waals surface area contributed by atoms with Crippen LogP contribution in [-0.4, -0.2) is 31.1 Å². The monoisotopic (exact) mass is 190 g/mol. The van der Waals surface area contributed by atoms with Gasteiger partial charge in [0.15, 0.2) is 0 Å². The van der Waals surface area contributed by atoms with E-state index in [2.05, 4.69) is 11.8 Å². The highest BCUT2D eigenvalue weighted by atomic mass is 15.1. The molecule has 0 aliphatic carbocycles. The molecule has 0 aromatic carbocycles. The van der Waals surface area contributed by atoms with Gasteiger partial charge < -0.3 is 10.6 Å². The minimum Gasteiger partial charge on any atom is -0.331 e. The number of hydrogen-bond acceptors (Lipinski definition) is 2. The first-order valence-corrected chi connectivity index (χ1v) is 5.77. The molecule has 0 bridgehead atoms. The van der Waals surface area contributed by atoms with E-state index in [-0.39, 0.29) is 1.43 Å². The highest BCUT2D eigenvalue weighted by Crippen LogP contribution is 2.06. The summed E-state index contributed by atoms with van der Waals surface area (Å²) in [6, 6.07) is 0. The molecule has 2 N–H and O–H groups in total. The van der Waals surface area contributed by atoms with Gasteiger partial charge in [-0.2, -0.15) is 0 Å². The molecule has 0 aromatic rings. The molecule has 1 fully saturated rings. The molecule has 1 rings (SSSR count). The van der Waals surface area contributed by atoms with Gasteiger partial charge >= 0.3 is 0 Å². The summed E-state index contributed by atoms with van der Waals surface area (Å²) in [5, 5.41) is 0. The Kier molecular flexibility index (Phi) is 17.1. The Hall–Kier alpha value is -0.0800. The first-order valence-electron chi connectivity index (χ1n) is 5.77. The Labute approximate surface area is 86.0 Å². The van der Waals surface area contributed by atoms with Crippen molar-refractivity contribution >= 4 is 0 Å². The highest BCUT2D eigenvalue weighted by Gasteiger charge is 2.05. The predicted molar refractivity (Wildman–Crippen MR) is 64.2 cm³/mol. The topological polar surface area (TPSA) is 29.3 Å². The second-order valence-electron chi connectivity index (χ2n) is 2.90. The van der Waals surface area contributed by atoms with Gasteiger partial charge in [0, 0.05) is 1.43 Å². The molecule has 1 saturated heterocycles. The van der Waals surface area contributed by atoms with E-state index >= 15 is 0 Å². The van der Waals surface area contributed by atoms with Crippen molar-refractivity contribution in [2.45, 2.75) is 47.0 Å². The van der Waals surface area contributed by atoms with Crippen LogP contribution in [0.25, 0.3) is 0 Å². The number of rotatable bonds is 1. The van der Waals surface area contributed by atoms with Crippen molar-refractivity contribution in [3.63, 3.8) is 0 Å². The lowest BCUT2D eigenvalue weighted by Gasteiger charge is -2.24. The van der Waals surface area contributed by atoms with Crippen molar-refractivity contribution < 1.29 is 1.43 Å². The van der Waals surface area contributed by atoms with E-state index in [1.165, 1.54) is 38.9 Å². The fourth-order valence-electron chi connectivity index (χ4n) is 1.28. The van der Waals surface area contributed by atoms with Crippen LogP contribution < -0.4 is 5.73 Å². The maximum Gasteiger partial charge on any atom is 0 e. The summed E-state index contributed by atoms with van der Waals surface area (Å²) in [4.78, 5) is 2.52. The maximum atomic E-state index is 4.85. The summed E-state index contributed by atoms with van der Waals surface area (Å²) in [5.74, 6) is 0. The largest absolute Gasteiger partial charge is 0.331 e. The average Bonchev–Trinajstić information content (AvgIpc) is 2.23. The normalized spacial score (nSPS) is 16.4. The molecule has 0 saturated carbocycles. The molecule has 1 aliphatic heterocycles. The van der Waals surface area contributed by atoms with Crippen LogP contribution in [0.5, 0.6) is 0 Å². The number of nitrogens with zero attached hydrogens (tertiary/aromatic N) is 1. The summed E-state index contributed by atoms with van der Waals surface area (Å²) in [6.07, 6.45) is 4.30. The van der Waals surface area contributed by atoms with Crippen molar-refractivity contribution in [3.8, 4) is 0 Å². The third kappa shape index (κ3) is 11.9. The van der Waals surface area contributed by atoms with Crippen LogP contribution in [0.1, 0.15) is 48.4 Å². The van der Waals surface area contributed by atoms with Crippen LogP contribution in [0.15, 0.2) is 0 Å². The first kappa shape index (κ1) is 15.4. The summed E-state index contributed by atoms with van der Waals surface area (Å²) in [7, 11) is 0. The van der Waals surface area contributed by atoms with E-state index in [1.54, 1.807) is 0 Å². The minimum absolute atomic E-state index is 0. The van der Waals surface area contributed by atoms with Gasteiger partial charge in [-0.3, -0.25) is 0 Å². The third-order valence-electron chi connectivity index (χ3n) is 1.90. The molecule has 0 atom stereocenters. The molecule has 0 amide bonds. The Morgan fingerprint density at radius 3 is 1.69 bits per heavy atom. The summed E-state index contributed by atoms with van der Waals surface area (Å²) < 4.78 is 0. The van der Waals surface area contributed by atoms with Gasteiger partial charge in [-0.25, -0.2) is 0 Å². The quantitative estimate of drug-likeness (QED) is 0.689. The SMILES string of the molecule is CC.CCN.CCN1CCCCC1.[HH]. The van der Waals surface area contributed by atoms with E-state index < -0.39 is 0 Å². The third-order valence-corrected chi connectivity index (χ3v) is 1.90. The van der Waals surface area contributed by atoms with Crippen molar-refractivity contribution in [2.75, 3.05) is 26.2 Å². The fourth-order valence-corrected chi connectivity index (χ4v) is 1.28. The molecule has 0 radical (unpaired) electrons. The van der Waals surface area contributed by atoms with E-state index in [4.69, 9.17) is 5.73 Å². The second kappa shape index (κ2) is 14.4. The Bertz CT molecular complexity index is 73.7. The maximum absolute atomic E-state index is 4.85. The van der Waals surface area contributed by atoms with Crippen LogP contribution >= 0.6 is 0 Å². The molecule has 2 heteroatoms. The number of nitrogens with two attached hydrogens (primary N) is 1. The zero-order valence-electron chi connectivity index (χ0n) is 9.97. The molecule has 84 valence electrons. The smallest absolute Gasteiger partial charge is 0 e. The fraction of sp³-hybridized carbons (Fsp3) is 1.00. The molecular weight excluding hydrogens is 160 g/mol. The lowest BCUT2D eigenvalue weighted by molar-refractivity contribution is 0.240. The van der Waals surface area contributed by atoms with E-state index in [1.807, 2.05) is 20.8 Å². The molecule has 0 aromatic heterocycles. The van der Waals surface area contributed by atoms with Crippen molar-refractivity contribution in [1.29, 1.82) is 0 Å². The zero-order valence-corrected chi connectivity index (χ0v) is 9.97. The highest BCUT2D eigenvalue weighted by molar-refractivity contribution is 4.61. The van der Waals surface area contributed by atoms with E-state index in [9.17, 15) is 0 Å². The zero-order chi connectivity index (χ0) is 10.5. The average molecular weight is 190 g/mol. The van der Waals surface area contributed by atoms with Gasteiger partial charge in [-0.05, 0) is 39.0 Å². The molecule has 0 spiro atoms.